The molecule has 2 saturated heterocycles. The number of anilines is 1. The Morgan fingerprint density at radius 1 is 1.13 bits per heavy atom. The summed E-state index contributed by atoms with van der Waals surface area (Å²) in [6.45, 7) is 5.56. The number of hydrogen-bond donors (Lipinski definition) is 0. The molecule has 3 heterocycles. The molecule has 1 aromatic carbocycles. The predicted molar refractivity (Wildman–Crippen MR) is 121 cm³/mol. The molecule has 0 bridgehead atoms. The highest BCUT2D eigenvalue weighted by Gasteiger charge is 2.42. The van der Waals surface area contributed by atoms with E-state index in [1.54, 1.807) is 18.5 Å². The van der Waals surface area contributed by atoms with Gasteiger partial charge >= 0.3 is 0 Å². The average Bonchev–Trinajstić information content (AvgIpc) is 3.34. The lowest BCUT2D eigenvalue weighted by Crippen LogP contribution is -2.35. The van der Waals surface area contributed by atoms with Gasteiger partial charge in [-0.2, -0.15) is 0 Å². The first-order valence-corrected chi connectivity index (χ1v) is 11.7. The maximum Gasteiger partial charge on any atom is 0.225 e. The van der Waals surface area contributed by atoms with E-state index in [0.717, 1.165) is 42.5 Å². The van der Waals surface area contributed by atoms with Crippen LogP contribution in [0.25, 0.3) is 11.1 Å². The molecule has 1 aliphatic carbocycles. The van der Waals surface area contributed by atoms with Gasteiger partial charge in [-0.25, -0.2) is 14.4 Å². The molecule has 3 fully saturated rings. The summed E-state index contributed by atoms with van der Waals surface area (Å²) in [4.78, 5) is 14.0. The van der Waals surface area contributed by atoms with Crippen LogP contribution in [0.5, 0.6) is 0 Å². The summed E-state index contributed by atoms with van der Waals surface area (Å²) in [6.07, 6.45) is 8.31. The monoisotopic (exact) mass is 444 g/mol. The van der Waals surface area contributed by atoms with Crippen molar-refractivity contribution in [2.75, 3.05) is 44.8 Å². The molecule has 31 heavy (non-hydrogen) atoms. The van der Waals surface area contributed by atoms with E-state index in [0.29, 0.717) is 16.6 Å². The van der Waals surface area contributed by atoms with E-state index in [4.69, 9.17) is 16.3 Å². The van der Waals surface area contributed by atoms with E-state index < -0.39 is 0 Å². The number of ether oxygens (including phenoxy) is 1. The van der Waals surface area contributed by atoms with Crippen LogP contribution in [0.1, 0.15) is 25.7 Å². The minimum absolute atomic E-state index is 0.316. The molecular weight excluding hydrogens is 415 g/mol. The Kier molecular flexibility index (Phi) is 6.13. The van der Waals surface area contributed by atoms with E-state index in [1.165, 1.54) is 57.5 Å². The first-order valence-electron chi connectivity index (χ1n) is 11.4. The number of halogens is 2. The van der Waals surface area contributed by atoms with Crippen LogP contribution in [0.2, 0.25) is 5.02 Å². The molecule has 2 aliphatic heterocycles. The lowest BCUT2D eigenvalue weighted by atomic mass is 10.00. The summed E-state index contributed by atoms with van der Waals surface area (Å²) in [6, 6.07) is 4.82. The lowest BCUT2D eigenvalue weighted by Gasteiger charge is -2.29. The number of benzene rings is 1. The number of nitrogens with zero attached hydrogens (tertiary/aromatic N) is 4. The topological polar surface area (TPSA) is 41.5 Å². The van der Waals surface area contributed by atoms with Crippen LogP contribution >= 0.6 is 11.6 Å². The van der Waals surface area contributed by atoms with E-state index in [-0.39, 0.29) is 5.82 Å². The molecule has 5 rings (SSSR count). The smallest absolute Gasteiger partial charge is 0.225 e. The van der Waals surface area contributed by atoms with Gasteiger partial charge in [0.25, 0.3) is 0 Å². The van der Waals surface area contributed by atoms with E-state index in [1.807, 2.05) is 0 Å². The van der Waals surface area contributed by atoms with Crippen molar-refractivity contribution in [1.82, 2.24) is 14.9 Å². The maximum atomic E-state index is 13.6. The van der Waals surface area contributed by atoms with E-state index >= 15 is 0 Å². The first-order chi connectivity index (χ1) is 15.1. The summed E-state index contributed by atoms with van der Waals surface area (Å²) >= 11 is 6.22. The Hall–Kier alpha value is -1.76. The van der Waals surface area contributed by atoms with Gasteiger partial charge < -0.3 is 14.5 Å². The van der Waals surface area contributed by atoms with Crippen molar-refractivity contribution >= 4 is 17.5 Å². The van der Waals surface area contributed by atoms with E-state index in [2.05, 4.69) is 26.8 Å². The molecule has 1 saturated carbocycles. The van der Waals surface area contributed by atoms with Gasteiger partial charge in [0.2, 0.25) is 5.95 Å². The van der Waals surface area contributed by atoms with Crippen LogP contribution in [0.4, 0.5) is 10.3 Å². The van der Waals surface area contributed by atoms with Gasteiger partial charge in [-0.1, -0.05) is 11.6 Å². The van der Waals surface area contributed by atoms with Crippen molar-refractivity contribution in [2.24, 2.45) is 17.8 Å². The van der Waals surface area contributed by atoms with Gasteiger partial charge in [0, 0.05) is 74.5 Å². The number of rotatable bonds is 5. The SMILES string of the molecule is CN(c1ncc(-c2cc(F)ccc2Cl)cn1)[C@H]1C[C@@H]2CN(CC3CCOCC3)C[C@@H]2C1. The third kappa shape index (κ3) is 4.57. The summed E-state index contributed by atoms with van der Waals surface area (Å²) in [5.41, 5.74) is 1.35. The van der Waals surface area contributed by atoms with Gasteiger partial charge in [0.15, 0.2) is 0 Å². The Morgan fingerprint density at radius 3 is 2.48 bits per heavy atom. The molecule has 5 nitrogen and oxygen atoms in total. The molecule has 3 aliphatic rings. The fraction of sp³-hybridized carbons (Fsp3) is 0.583. The van der Waals surface area contributed by atoms with Gasteiger partial charge in [0.1, 0.15) is 5.82 Å². The van der Waals surface area contributed by atoms with Gasteiger partial charge in [-0.15, -0.1) is 0 Å². The molecule has 0 unspecified atom stereocenters. The second-order valence-electron chi connectivity index (χ2n) is 9.43. The largest absolute Gasteiger partial charge is 0.381 e. The van der Waals surface area contributed by atoms with E-state index in [9.17, 15) is 4.39 Å². The van der Waals surface area contributed by atoms with Crippen molar-refractivity contribution in [3.05, 3.63) is 41.4 Å². The quantitative estimate of drug-likeness (QED) is 0.678. The molecule has 0 N–H and O–H groups in total. The zero-order chi connectivity index (χ0) is 21.4. The van der Waals surface area contributed by atoms with Crippen molar-refractivity contribution in [3.8, 4) is 11.1 Å². The van der Waals surface area contributed by atoms with Gasteiger partial charge in [-0.05, 0) is 61.6 Å². The number of likely N-dealkylation sites (tertiary alicyclic amines) is 1. The normalized spacial score (nSPS) is 26.9. The maximum absolute atomic E-state index is 13.6. The van der Waals surface area contributed by atoms with Gasteiger partial charge in [-0.3, -0.25) is 0 Å². The number of aromatic nitrogens is 2. The first kappa shape index (κ1) is 21.1. The molecule has 0 radical (unpaired) electrons. The minimum Gasteiger partial charge on any atom is -0.381 e. The second kappa shape index (κ2) is 9.00. The van der Waals surface area contributed by atoms with Crippen molar-refractivity contribution in [2.45, 2.75) is 31.7 Å². The molecule has 7 heteroatoms. The summed E-state index contributed by atoms with van der Waals surface area (Å²) in [5, 5.41) is 0.500. The molecule has 1 aromatic heterocycles. The summed E-state index contributed by atoms with van der Waals surface area (Å²) < 4.78 is 19.1. The Labute approximate surface area is 188 Å². The van der Waals surface area contributed by atoms with Crippen molar-refractivity contribution in [1.29, 1.82) is 0 Å². The fourth-order valence-electron chi connectivity index (χ4n) is 5.65. The highest BCUT2D eigenvalue weighted by molar-refractivity contribution is 6.33. The highest BCUT2D eigenvalue weighted by atomic mass is 35.5. The standard InChI is InChI=1S/C24H30ClFN4O/c1-29(24-27-11-19(12-28-24)22-10-20(26)2-3-23(22)25)21-8-17-14-30(15-18(17)9-21)13-16-4-6-31-7-5-16/h2-3,10-12,16-18,21H,4-9,13-15H2,1H3/t17-,18+,21+. The highest BCUT2D eigenvalue weighted by Crippen LogP contribution is 2.41. The minimum atomic E-state index is -0.316. The van der Waals surface area contributed by atoms with Crippen LogP contribution in [0.3, 0.4) is 0 Å². The molecular formula is C24H30ClFN4O. The molecule has 2 aromatic rings. The average molecular weight is 445 g/mol. The van der Waals surface area contributed by atoms with Crippen LogP contribution in [0.15, 0.2) is 30.6 Å². The Balaban J connectivity index is 1.18. The number of hydrogen-bond acceptors (Lipinski definition) is 5. The third-order valence-electron chi connectivity index (χ3n) is 7.40. The predicted octanol–water partition coefficient (Wildman–Crippen LogP) is 4.51. The number of fused-ring (bicyclic) bond motifs is 1. The molecule has 3 atom stereocenters. The van der Waals surface area contributed by atoms with Crippen LogP contribution in [0, 0.1) is 23.6 Å². The Morgan fingerprint density at radius 2 is 1.81 bits per heavy atom. The third-order valence-corrected chi connectivity index (χ3v) is 7.73. The molecule has 0 spiro atoms. The fourth-order valence-corrected chi connectivity index (χ4v) is 5.88. The zero-order valence-electron chi connectivity index (χ0n) is 18.0. The zero-order valence-corrected chi connectivity index (χ0v) is 18.8. The van der Waals surface area contributed by atoms with Crippen molar-refractivity contribution in [3.63, 3.8) is 0 Å². The van der Waals surface area contributed by atoms with Crippen LogP contribution in [-0.4, -0.2) is 60.8 Å². The summed E-state index contributed by atoms with van der Waals surface area (Å²) in [7, 11) is 2.09. The lowest BCUT2D eigenvalue weighted by molar-refractivity contribution is 0.0545. The molecule has 0 amide bonds. The molecule has 166 valence electrons. The summed E-state index contributed by atoms with van der Waals surface area (Å²) in [5.74, 6) is 2.77. The van der Waals surface area contributed by atoms with Crippen LogP contribution in [-0.2, 0) is 4.74 Å². The van der Waals surface area contributed by atoms with Crippen LogP contribution < -0.4 is 4.90 Å². The Bertz CT molecular complexity index is 891. The second-order valence-corrected chi connectivity index (χ2v) is 9.83. The van der Waals surface area contributed by atoms with Crippen molar-refractivity contribution < 1.29 is 9.13 Å². The van der Waals surface area contributed by atoms with Gasteiger partial charge in [0.05, 0.1) is 0 Å².